The molecule has 10 heteroatoms. The van der Waals surface area contributed by atoms with Crippen LogP contribution in [0.4, 0.5) is 4.79 Å². The summed E-state index contributed by atoms with van der Waals surface area (Å²) in [6.07, 6.45) is -1.82. The van der Waals surface area contributed by atoms with Crippen molar-refractivity contribution < 1.29 is 38.9 Å². The average Bonchev–Trinajstić information content (AvgIpc) is 2.82. The van der Waals surface area contributed by atoms with Gasteiger partial charge in [-0.1, -0.05) is 60.7 Å². The van der Waals surface area contributed by atoms with Crippen molar-refractivity contribution in [1.82, 2.24) is 10.2 Å². The summed E-state index contributed by atoms with van der Waals surface area (Å²) in [4.78, 5) is 49.6. The zero-order valence-electron chi connectivity index (χ0n) is 18.0. The summed E-state index contributed by atoms with van der Waals surface area (Å²) < 4.78 is 9.87. The van der Waals surface area contributed by atoms with Gasteiger partial charge in [0, 0.05) is 6.42 Å². The molecule has 33 heavy (non-hydrogen) atoms. The molecule has 0 spiro atoms. The SMILES string of the molecule is COC(=O)[C@H](Cc1ccccc1)NC(=O)[C@H](CC(=O)O)N(CO)C(=O)OCc1ccccc1. The van der Waals surface area contributed by atoms with E-state index < -0.39 is 49.2 Å². The van der Waals surface area contributed by atoms with Crippen LogP contribution in [-0.4, -0.2) is 65.0 Å². The summed E-state index contributed by atoms with van der Waals surface area (Å²) in [5.41, 5.74) is 1.39. The molecule has 0 aliphatic rings. The summed E-state index contributed by atoms with van der Waals surface area (Å²) in [7, 11) is 1.15. The molecule has 2 rings (SSSR count). The molecule has 0 aliphatic heterocycles. The Balaban J connectivity index is 2.16. The van der Waals surface area contributed by atoms with Gasteiger partial charge in [-0.3, -0.25) is 14.5 Å². The number of amides is 2. The van der Waals surface area contributed by atoms with Gasteiger partial charge >= 0.3 is 18.0 Å². The molecule has 0 fully saturated rings. The average molecular weight is 458 g/mol. The van der Waals surface area contributed by atoms with Gasteiger partial charge in [0.2, 0.25) is 5.91 Å². The molecule has 3 N–H and O–H groups in total. The Hall–Kier alpha value is -3.92. The molecule has 0 radical (unpaired) electrons. The van der Waals surface area contributed by atoms with Crippen LogP contribution < -0.4 is 5.32 Å². The Kier molecular flexibility index (Phi) is 9.84. The van der Waals surface area contributed by atoms with E-state index in [1.807, 2.05) is 0 Å². The van der Waals surface area contributed by atoms with Gasteiger partial charge in [0.25, 0.3) is 0 Å². The first-order valence-corrected chi connectivity index (χ1v) is 10.1. The van der Waals surface area contributed by atoms with Crippen molar-refractivity contribution in [2.45, 2.75) is 31.5 Å². The lowest BCUT2D eigenvalue weighted by molar-refractivity contribution is -0.146. The molecule has 0 aliphatic carbocycles. The van der Waals surface area contributed by atoms with Crippen LogP contribution in [0.25, 0.3) is 0 Å². The molecule has 0 saturated heterocycles. The monoisotopic (exact) mass is 458 g/mol. The molecular weight excluding hydrogens is 432 g/mol. The number of hydrogen-bond donors (Lipinski definition) is 3. The third-order valence-corrected chi connectivity index (χ3v) is 4.72. The van der Waals surface area contributed by atoms with E-state index in [0.29, 0.717) is 10.5 Å². The van der Waals surface area contributed by atoms with Crippen molar-refractivity contribution in [3.63, 3.8) is 0 Å². The van der Waals surface area contributed by atoms with E-state index >= 15 is 0 Å². The fourth-order valence-corrected chi connectivity index (χ4v) is 3.05. The zero-order chi connectivity index (χ0) is 24.2. The van der Waals surface area contributed by atoms with Gasteiger partial charge < -0.3 is 25.0 Å². The number of carboxylic acid groups (broad SMARTS) is 1. The highest BCUT2D eigenvalue weighted by Crippen LogP contribution is 2.12. The van der Waals surface area contributed by atoms with Crippen molar-refractivity contribution in [2.24, 2.45) is 0 Å². The van der Waals surface area contributed by atoms with E-state index in [4.69, 9.17) is 9.47 Å². The Morgan fingerprint density at radius 1 is 0.970 bits per heavy atom. The molecule has 10 nitrogen and oxygen atoms in total. The molecular formula is C23H26N2O8. The summed E-state index contributed by atoms with van der Waals surface area (Å²) in [5, 5.41) is 21.4. The van der Waals surface area contributed by atoms with Crippen LogP contribution in [-0.2, 0) is 36.9 Å². The van der Waals surface area contributed by atoms with Crippen molar-refractivity contribution in [3.8, 4) is 0 Å². The molecule has 0 saturated carbocycles. The van der Waals surface area contributed by atoms with Gasteiger partial charge in [-0.05, 0) is 11.1 Å². The van der Waals surface area contributed by atoms with Gasteiger partial charge in [0.05, 0.1) is 13.5 Å². The van der Waals surface area contributed by atoms with E-state index in [9.17, 15) is 29.4 Å². The van der Waals surface area contributed by atoms with E-state index in [0.717, 1.165) is 12.7 Å². The predicted octanol–water partition coefficient (Wildman–Crippen LogP) is 1.32. The highest BCUT2D eigenvalue weighted by atomic mass is 16.6. The molecule has 2 amide bonds. The fraction of sp³-hybridized carbons (Fsp3) is 0.304. The van der Waals surface area contributed by atoms with Crippen LogP contribution in [0.5, 0.6) is 0 Å². The molecule has 2 atom stereocenters. The third-order valence-electron chi connectivity index (χ3n) is 4.72. The maximum Gasteiger partial charge on any atom is 0.412 e. The number of ether oxygens (including phenoxy) is 2. The van der Waals surface area contributed by atoms with E-state index in [1.54, 1.807) is 60.7 Å². The van der Waals surface area contributed by atoms with Crippen molar-refractivity contribution >= 4 is 23.9 Å². The lowest BCUT2D eigenvalue weighted by Crippen LogP contribution is -2.55. The van der Waals surface area contributed by atoms with E-state index in [2.05, 4.69) is 5.32 Å². The normalized spacial score (nSPS) is 12.2. The van der Waals surface area contributed by atoms with Crippen LogP contribution in [0.2, 0.25) is 0 Å². The first kappa shape index (κ1) is 25.3. The predicted molar refractivity (Wildman–Crippen MR) is 116 cm³/mol. The summed E-state index contributed by atoms with van der Waals surface area (Å²) in [6.45, 7) is -1.11. The van der Waals surface area contributed by atoms with E-state index in [1.165, 1.54) is 0 Å². The molecule has 0 bridgehead atoms. The standard InChI is InChI=1S/C23H26N2O8/c1-32-22(30)18(12-16-8-4-2-5-9-16)24-21(29)19(13-20(27)28)25(15-26)23(31)33-14-17-10-6-3-7-11-17/h2-11,18-19,26H,12-15H2,1H3,(H,24,29)(H,27,28)/t18-,19-/m0/s1. The molecule has 0 aromatic heterocycles. The number of nitrogens with one attached hydrogen (secondary N) is 1. The number of hydrogen-bond acceptors (Lipinski definition) is 7. The quantitative estimate of drug-likeness (QED) is 0.338. The van der Waals surface area contributed by atoms with Crippen molar-refractivity contribution in [1.29, 1.82) is 0 Å². The van der Waals surface area contributed by atoms with Gasteiger partial charge in [0.15, 0.2) is 0 Å². The number of nitrogens with zero attached hydrogens (tertiary/aromatic N) is 1. The van der Waals surface area contributed by atoms with Crippen LogP contribution >= 0.6 is 0 Å². The topological polar surface area (TPSA) is 142 Å². The number of carbonyl (C=O) groups excluding carboxylic acids is 3. The van der Waals surface area contributed by atoms with Crippen molar-refractivity contribution in [3.05, 3.63) is 71.8 Å². The number of carbonyl (C=O) groups is 4. The zero-order valence-corrected chi connectivity index (χ0v) is 18.0. The maximum absolute atomic E-state index is 12.9. The van der Waals surface area contributed by atoms with Crippen LogP contribution in [0, 0.1) is 0 Å². The minimum Gasteiger partial charge on any atom is -0.481 e. The van der Waals surface area contributed by atoms with Crippen LogP contribution in [0.1, 0.15) is 17.5 Å². The summed E-state index contributed by atoms with van der Waals surface area (Å²) in [6, 6.07) is 14.7. The minimum atomic E-state index is -1.63. The summed E-state index contributed by atoms with van der Waals surface area (Å²) in [5.74, 6) is -3.08. The van der Waals surface area contributed by atoms with Gasteiger partial charge in [-0.2, -0.15) is 0 Å². The van der Waals surface area contributed by atoms with Crippen LogP contribution in [0.15, 0.2) is 60.7 Å². The smallest absolute Gasteiger partial charge is 0.412 e. The number of rotatable bonds is 11. The molecule has 0 unspecified atom stereocenters. The number of carboxylic acids is 1. The Labute approximate surface area is 190 Å². The lowest BCUT2D eigenvalue weighted by atomic mass is 10.0. The second kappa shape index (κ2) is 12.8. The molecule has 0 heterocycles. The first-order chi connectivity index (χ1) is 15.8. The fourth-order valence-electron chi connectivity index (χ4n) is 3.05. The van der Waals surface area contributed by atoms with Crippen molar-refractivity contribution in [2.75, 3.05) is 13.8 Å². The number of esters is 1. The molecule has 2 aromatic rings. The second-order valence-corrected chi connectivity index (χ2v) is 7.04. The molecule has 176 valence electrons. The third kappa shape index (κ3) is 7.93. The molecule has 2 aromatic carbocycles. The van der Waals surface area contributed by atoms with Gasteiger partial charge in [-0.15, -0.1) is 0 Å². The van der Waals surface area contributed by atoms with E-state index in [-0.39, 0.29) is 13.0 Å². The van der Waals surface area contributed by atoms with Crippen LogP contribution in [0.3, 0.4) is 0 Å². The van der Waals surface area contributed by atoms with Gasteiger partial charge in [-0.25, -0.2) is 9.59 Å². The van der Waals surface area contributed by atoms with Gasteiger partial charge in [0.1, 0.15) is 25.4 Å². The lowest BCUT2D eigenvalue weighted by Gasteiger charge is -2.28. The second-order valence-electron chi connectivity index (χ2n) is 7.04. The highest BCUT2D eigenvalue weighted by Gasteiger charge is 2.35. The Morgan fingerprint density at radius 3 is 2.06 bits per heavy atom. The minimum absolute atomic E-state index is 0.0800. The Bertz CT molecular complexity index is 936. The number of aliphatic hydroxyl groups is 1. The number of aliphatic carboxylic acids is 1. The highest BCUT2D eigenvalue weighted by molar-refractivity contribution is 5.92. The number of benzene rings is 2. The summed E-state index contributed by atoms with van der Waals surface area (Å²) >= 11 is 0. The maximum atomic E-state index is 12.9. The first-order valence-electron chi connectivity index (χ1n) is 10.1. The number of aliphatic hydroxyl groups excluding tert-OH is 1. The Morgan fingerprint density at radius 2 is 1.55 bits per heavy atom. The largest absolute Gasteiger partial charge is 0.481 e. The number of methoxy groups -OCH3 is 1.